The first-order valence-electron chi connectivity index (χ1n) is 11.0. The van der Waals surface area contributed by atoms with Crippen molar-refractivity contribution in [2.45, 2.75) is 26.1 Å². The highest BCUT2D eigenvalue weighted by Crippen LogP contribution is 2.46. The number of hydrazone groups is 1. The van der Waals surface area contributed by atoms with Crippen molar-refractivity contribution in [3.63, 3.8) is 0 Å². The summed E-state index contributed by atoms with van der Waals surface area (Å²) in [5.74, 6) is 0.426. The summed E-state index contributed by atoms with van der Waals surface area (Å²) in [6.07, 6.45) is -4.11. The van der Waals surface area contributed by atoms with E-state index in [0.29, 0.717) is 17.8 Å². The Labute approximate surface area is 220 Å². The van der Waals surface area contributed by atoms with Crippen molar-refractivity contribution in [2.24, 2.45) is 5.10 Å². The lowest BCUT2D eigenvalue weighted by molar-refractivity contribution is -0.189. The number of aromatic nitrogens is 2. The molecular weight excluding hydrogens is 538 g/mol. The van der Waals surface area contributed by atoms with E-state index in [4.69, 9.17) is 37.4 Å². The first-order chi connectivity index (χ1) is 17.6. The summed E-state index contributed by atoms with van der Waals surface area (Å²) in [4.78, 5) is 9.97. The van der Waals surface area contributed by atoms with Gasteiger partial charge in [-0.2, -0.15) is 18.3 Å². The number of benzene rings is 1. The zero-order valence-electron chi connectivity index (χ0n) is 19.9. The SMILES string of the molecule is CCN1CN(c2cc(O[C@@H](C)C(F)(F)F)c3c(Oc4cc(OC)ncc4Cl)nccc3c2Cl)N=C1CO. The molecular formula is C23H22Cl2F3N5O4. The summed E-state index contributed by atoms with van der Waals surface area (Å²) < 4.78 is 56.9. The van der Waals surface area contributed by atoms with Gasteiger partial charge in [0.05, 0.1) is 29.4 Å². The second kappa shape index (κ2) is 10.6. The highest BCUT2D eigenvalue weighted by atomic mass is 35.5. The Hall–Kier alpha value is -3.22. The third kappa shape index (κ3) is 5.41. The molecule has 0 fully saturated rings. The van der Waals surface area contributed by atoms with Crippen LogP contribution in [0.3, 0.4) is 0 Å². The third-order valence-electron chi connectivity index (χ3n) is 5.57. The molecule has 1 N–H and O–H groups in total. The summed E-state index contributed by atoms with van der Waals surface area (Å²) in [5, 5.41) is 16.2. The number of hydrogen-bond acceptors (Lipinski definition) is 9. The number of hydrogen-bond donors (Lipinski definition) is 1. The number of likely N-dealkylation sites (N-methyl/N-ethyl adjacent to an activating group) is 1. The smallest absolute Gasteiger partial charge is 0.425 e. The van der Waals surface area contributed by atoms with Crippen LogP contribution in [0.4, 0.5) is 18.9 Å². The molecule has 0 unspecified atom stereocenters. The van der Waals surface area contributed by atoms with Crippen LogP contribution in [0.2, 0.25) is 10.0 Å². The lowest BCUT2D eigenvalue weighted by Crippen LogP contribution is -2.32. The Bertz CT molecular complexity index is 1340. The van der Waals surface area contributed by atoms with Gasteiger partial charge < -0.3 is 24.2 Å². The highest BCUT2D eigenvalue weighted by molar-refractivity contribution is 6.39. The van der Waals surface area contributed by atoms with Gasteiger partial charge in [-0.25, -0.2) is 15.0 Å². The van der Waals surface area contributed by atoms with Crippen molar-refractivity contribution in [3.05, 3.63) is 40.6 Å². The number of methoxy groups -OCH3 is 1. The molecule has 1 atom stereocenters. The fraction of sp³-hybridized carbons (Fsp3) is 0.348. The number of pyridine rings is 2. The molecule has 1 aliphatic rings. The molecule has 0 bridgehead atoms. The molecule has 0 amide bonds. The Morgan fingerprint density at radius 2 is 1.95 bits per heavy atom. The Morgan fingerprint density at radius 1 is 1.19 bits per heavy atom. The molecule has 0 spiro atoms. The molecule has 4 rings (SSSR count). The largest absolute Gasteiger partial charge is 0.481 e. The summed E-state index contributed by atoms with van der Waals surface area (Å²) in [5.41, 5.74) is 0.279. The van der Waals surface area contributed by atoms with Gasteiger partial charge in [-0.3, -0.25) is 0 Å². The molecule has 14 heteroatoms. The van der Waals surface area contributed by atoms with Gasteiger partial charge in [-0.05, 0) is 19.9 Å². The van der Waals surface area contributed by atoms with E-state index in [-0.39, 0.29) is 57.7 Å². The van der Waals surface area contributed by atoms with E-state index in [0.717, 1.165) is 6.92 Å². The van der Waals surface area contributed by atoms with Crippen LogP contribution in [-0.4, -0.2) is 65.0 Å². The molecule has 198 valence electrons. The number of alkyl halides is 3. The van der Waals surface area contributed by atoms with Crippen LogP contribution in [0.15, 0.2) is 35.7 Å². The van der Waals surface area contributed by atoms with Crippen molar-refractivity contribution in [1.29, 1.82) is 0 Å². The maximum Gasteiger partial charge on any atom is 0.425 e. The molecule has 3 heterocycles. The third-order valence-corrected chi connectivity index (χ3v) is 6.26. The van der Waals surface area contributed by atoms with Gasteiger partial charge in [0, 0.05) is 30.3 Å². The minimum absolute atomic E-state index is 0.0945. The standard InChI is InChI=1S/C23H22Cl2F3N5O4/c1-4-32-11-33(31-18(32)10-34)15-7-17(36-12(2)23(26,27)28)20-13(21(15)25)5-6-29-22(20)37-16-8-19(35-3)30-9-14(16)24/h5-9,12,34H,4,10-11H2,1-3H3/t12-/m0/s1. The summed E-state index contributed by atoms with van der Waals surface area (Å²) >= 11 is 13.0. The Kier molecular flexibility index (Phi) is 7.72. The average Bonchev–Trinajstić information content (AvgIpc) is 3.29. The first kappa shape index (κ1) is 26.8. The van der Waals surface area contributed by atoms with Crippen LogP contribution < -0.4 is 19.2 Å². The topological polar surface area (TPSA) is 92.5 Å². The van der Waals surface area contributed by atoms with Gasteiger partial charge in [0.2, 0.25) is 11.8 Å². The van der Waals surface area contributed by atoms with Crippen LogP contribution in [0.1, 0.15) is 13.8 Å². The van der Waals surface area contributed by atoms with E-state index in [1.165, 1.54) is 42.7 Å². The van der Waals surface area contributed by atoms with E-state index >= 15 is 0 Å². The monoisotopic (exact) mass is 559 g/mol. The Morgan fingerprint density at radius 3 is 2.57 bits per heavy atom. The molecule has 2 aromatic heterocycles. The predicted octanol–water partition coefficient (Wildman–Crippen LogP) is 5.47. The lowest BCUT2D eigenvalue weighted by atomic mass is 10.1. The van der Waals surface area contributed by atoms with Gasteiger partial charge in [0.25, 0.3) is 0 Å². The van der Waals surface area contributed by atoms with Crippen molar-refractivity contribution in [3.8, 4) is 23.3 Å². The number of aliphatic hydroxyl groups excluding tert-OH is 1. The molecule has 3 aromatic rings. The quantitative estimate of drug-likeness (QED) is 0.388. The highest BCUT2D eigenvalue weighted by Gasteiger charge is 2.39. The number of ether oxygens (including phenoxy) is 3. The van der Waals surface area contributed by atoms with Gasteiger partial charge in [-0.15, -0.1) is 0 Å². The van der Waals surface area contributed by atoms with Crippen LogP contribution in [0.5, 0.6) is 23.3 Å². The number of aliphatic hydroxyl groups is 1. The number of amidine groups is 1. The second-order valence-corrected chi connectivity index (χ2v) is 8.66. The number of rotatable bonds is 8. The van der Waals surface area contributed by atoms with Crippen molar-refractivity contribution in [2.75, 3.05) is 31.9 Å². The van der Waals surface area contributed by atoms with E-state index in [1.807, 2.05) is 6.92 Å². The maximum absolute atomic E-state index is 13.5. The fourth-order valence-corrected chi connectivity index (χ4v) is 4.05. The van der Waals surface area contributed by atoms with E-state index in [9.17, 15) is 18.3 Å². The number of halogens is 5. The van der Waals surface area contributed by atoms with Crippen LogP contribution in [0, 0.1) is 0 Å². The van der Waals surface area contributed by atoms with Crippen molar-refractivity contribution < 1.29 is 32.5 Å². The van der Waals surface area contributed by atoms with Gasteiger partial charge in [0.15, 0.2) is 17.7 Å². The van der Waals surface area contributed by atoms with E-state index in [2.05, 4.69) is 15.1 Å². The number of nitrogens with zero attached hydrogens (tertiary/aromatic N) is 5. The molecule has 0 radical (unpaired) electrons. The Balaban J connectivity index is 1.89. The van der Waals surface area contributed by atoms with Gasteiger partial charge in [0.1, 0.15) is 24.0 Å². The average molecular weight is 560 g/mol. The van der Waals surface area contributed by atoms with Crippen LogP contribution in [-0.2, 0) is 0 Å². The summed E-state index contributed by atoms with van der Waals surface area (Å²) in [7, 11) is 1.41. The lowest BCUT2D eigenvalue weighted by Gasteiger charge is -2.24. The molecule has 0 aliphatic carbocycles. The summed E-state index contributed by atoms with van der Waals surface area (Å²) in [6.45, 7) is 3.23. The normalized spacial score (nSPS) is 14.7. The molecule has 0 saturated carbocycles. The minimum Gasteiger partial charge on any atom is -0.481 e. The second-order valence-electron chi connectivity index (χ2n) is 7.88. The van der Waals surface area contributed by atoms with E-state index < -0.39 is 12.3 Å². The van der Waals surface area contributed by atoms with Gasteiger partial charge in [-0.1, -0.05) is 23.2 Å². The number of fused-ring (bicyclic) bond motifs is 1. The molecule has 9 nitrogen and oxygen atoms in total. The maximum atomic E-state index is 13.5. The van der Waals surface area contributed by atoms with Crippen LogP contribution >= 0.6 is 23.2 Å². The summed E-state index contributed by atoms with van der Waals surface area (Å²) in [6, 6.07) is 4.28. The van der Waals surface area contributed by atoms with Gasteiger partial charge >= 0.3 is 6.18 Å². The fourth-order valence-electron chi connectivity index (χ4n) is 3.59. The number of anilines is 1. The molecule has 0 saturated heterocycles. The molecule has 1 aliphatic heterocycles. The van der Waals surface area contributed by atoms with Crippen molar-refractivity contribution >= 4 is 45.5 Å². The zero-order valence-corrected chi connectivity index (χ0v) is 21.4. The first-order valence-corrected chi connectivity index (χ1v) is 11.8. The van der Waals surface area contributed by atoms with Crippen molar-refractivity contribution in [1.82, 2.24) is 14.9 Å². The predicted molar refractivity (Wildman–Crippen MR) is 133 cm³/mol. The molecule has 37 heavy (non-hydrogen) atoms. The zero-order chi connectivity index (χ0) is 26.9. The minimum atomic E-state index is -4.65. The van der Waals surface area contributed by atoms with E-state index in [1.54, 1.807) is 4.90 Å². The molecule has 1 aromatic carbocycles. The van der Waals surface area contributed by atoms with Crippen LogP contribution in [0.25, 0.3) is 10.8 Å².